The van der Waals surface area contributed by atoms with Crippen LogP contribution in [0.3, 0.4) is 0 Å². The Morgan fingerprint density at radius 2 is 1.53 bits per heavy atom. The van der Waals surface area contributed by atoms with Crippen molar-refractivity contribution in [1.29, 1.82) is 0 Å². The zero-order chi connectivity index (χ0) is 13.4. The van der Waals surface area contributed by atoms with E-state index in [1.807, 2.05) is 12.1 Å². The zero-order valence-electron chi connectivity index (χ0n) is 12.3. The van der Waals surface area contributed by atoms with Gasteiger partial charge in [-0.3, -0.25) is 0 Å². The lowest BCUT2D eigenvalue weighted by Crippen LogP contribution is -2.17. The summed E-state index contributed by atoms with van der Waals surface area (Å²) in [4.78, 5) is 0. The monoisotopic (exact) mass is 234 g/mol. The zero-order valence-corrected chi connectivity index (χ0v) is 12.3. The molecule has 0 fully saturated rings. The topological polar surface area (TPSA) is 20.2 Å². The number of rotatable bonds is 1. The maximum atomic E-state index is 9.96. The van der Waals surface area contributed by atoms with Crippen molar-refractivity contribution in [2.75, 3.05) is 0 Å². The van der Waals surface area contributed by atoms with Crippen LogP contribution in [0, 0.1) is 5.41 Å². The van der Waals surface area contributed by atoms with E-state index < -0.39 is 0 Å². The van der Waals surface area contributed by atoms with Crippen LogP contribution in [-0.4, -0.2) is 5.11 Å². The fourth-order valence-corrected chi connectivity index (χ4v) is 1.92. The van der Waals surface area contributed by atoms with Gasteiger partial charge in [-0.25, -0.2) is 0 Å². The van der Waals surface area contributed by atoms with Gasteiger partial charge in [0.05, 0.1) is 0 Å². The molecular weight excluding hydrogens is 208 g/mol. The second kappa shape index (κ2) is 4.36. The molecule has 1 aromatic rings. The third kappa shape index (κ3) is 3.24. The minimum atomic E-state index is -0.0162. The molecule has 1 rings (SSSR count). The van der Waals surface area contributed by atoms with Crippen molar-refractivity contribution in [3.05, 3.63) is 29.3 Å². The lowest BCUT2D eigenvalue weighted by atomic mass is 9.76. The summed E-state index contributed by atoms with van der Waals surface area (Å²) >= 11 is 0. The predicted octanol–water partition coefficient (Wildman–Crippen LogP) is 4.84. The van der Waals surface area contributed by atoms with Crippen LogP contribution in [0.15, 0.2) is 18.2 Å². The quantitative estimate of drug-likeness (QED) is 0.737. The average Bonchev–Trinajstić information content (AvgIpc) is 2.14. The van der Waals surface area contributed by atoms with Crippen molar-refractivity contribution in [2.24, 2.45) is 5.41 Å². The third-order valence-corrected chi connectivity index (χ3v) is 3.63. The Morgan fingerprint density at radius 3 is 1.94 bits per heavy atom. The van der Waals surface area contributed by atoms with Crippen LogP contribution in [-0.2, 0) is 5.41 Å². The molecule has 17 heavy (non-hydrogen) atoms. The molecule has 96 valence electrons. The maximum absolute atomic E-state index is 9.96. The highest BCUT2D eigenvalue weighted by Gasteiger charge is 2.24. The minimum Gasteiger partial charge on any atom is -0.508 e. The van der Waals surface area contributed by atoms with E-state index in [0.717, 1.165) is 5.56 Å². The van der Waals surface area contributed by atoms with Crippen LogP contribution in [0.4, 0.5) is 0 Å². The molecule has 0 aliphatic carbocycles. The molecule has 0 bridgehead atoms. The summed E-state index contributed by atoms with van der Waals surface area (Å²) in [5.41, 5.74) is 2.57. The molecule has 0 aromatic heterocycles. The molecule has 0 saturated heterocycles. The second-order valence-electron chi connectivity index (χ2n) is 7.11. The molecular formula is C16H26O. The number of phenolic OH excluding ortho intramolecular Hbond substituents is 1. The van der Waals surface area contributed by atoms with Crippen LogP contribution in [0.2, 0.25) is 0 Å². The van der Waals surface area contributed by atoms with E-state index in [1.54, 1.807) is 0 Å². The van der Waals surface area contributed by atoms with Gasteiger partial charge in [-0.15, -0.1) is 0 Å². The fraction of sp³-hybridized carbons (Fsp3) is 0.625. The van der Waals surface area contributed by atoms with E-state index in [1.165, 1.54) is 5.56 Å². The Labute approximate surface area is 106 Å². The molecule has 1 nitrogen and oxygen atoms in total. The van der Waals surface area contributed by atoms with Crippen LogP contribution in [0.1, 0.15) is 65.5 Å². The molecule has 0 spiro atoms. The van der Waals surface area contributed by atoms with Crippen molar-refractivity contribution in [2.45, 2.75) is 59.8 Å². The summed E-state index contributed by atoms with van der Waals surface area (Å²) in [6, 6.07) is 6.03. The van der Waals surface area contributed by atoms with Crippen molar-refractivity contribution in [3.8, 4) is 5.75 Å². The van der Waals surface area contributed by atoms with Gasteiger partial charge < -0.3 is 5.11 Å². The van der Waals surface area contributed by atoms with Crippen molar-refractivity contribution in [3.63, 3.8) is 0 Å². The van der Waals surface area contributed by atoms with Crippen LogP contribution >= 0.6 is 0 Å². The van der Waals surface area contributed by atoms with Gasteiger partial charge in [0.1, 0.15) is 5.75 Å². The smallest absolute Gasteiger partial charge is 0.119 e. The molecule has 0 heterocycles. The molecule has 0 aliphatic rings. The van der Waals surface area contributed by atoms with E-state index >= 15 is 0 Å². The van der Waals surface area contributed by atoms with Crippen molar-refractivity contribution in [1.82, 2.24) is 0 Å². The van der Waals surface area contributed by atoms with Gasteiger partial charge in [0.15, 0.2) is 0 Å². The summed E-state index contributed by atoms with van der Waals surface area (Å²) in [5, 5.41) is 9.96. The number of hydrogen-bond acceptors (Lipinski definition) is 1. The summed E-state index contributed by atoms with van der Waals surface area (Å²) in [6.07, 6.45) is 0. The molecule has 1 unspecified atom stereocenters. The minimum absolute atomic E-state index is 0.0162. The first-order valence-corrected chi connectivity index (χ1v) is 6.37. The highest BCUT2D eigenvalue weighted by molar-refractivity contribution is 5.41. The van der Waals surface area contributed by atoms with Gasteiger partial charge in [-0.05, 0) is 33.9 Å². The SMILES string of the molecule is CC(c1ccc(O)c(C(C)(C)C)c1)C(C)(C)C. The van der Waals surface area contributed by atoms with Crippen molar-refractivity contribution >= 4 is 0 Å². The standard InChI is InChI=1S/C16H26O/c1-11(15(2,3)4)12-8-9-14(17)13(10-12)16(5,6)7/h8-11,17H,1-7H3. The highest BCUT2D eigenvalue weighted by atomic mass is 16.3. The van der Waals surface area contributed by atoms with E-state index in [2.05, 4.69) is 54.5 Å². The fourth-order valence-electron chi connectivity index (χ4n) is 1.92. The van der Waals surface area contributed by atoms with Gasteiger partial charge in [0.2, 0.25) is 0 Å². The summed E-state index contributed by atoms with van der Waals surface area (Å²) in [5.74, 6) is 0.881. The van der Waals surface area contributed by atoms with Gasteiger partial charge in [0.25, 0.3) is 0 Å². The second-order valence-corrected chi connectivity index (χ2v) is 7.11. The van der Waals surface area contributed by atoms with Crippen molar-refractivity contribution < 1.29 is 5.11 Å². The Bertz CT molecular complexity index is 391. The summed E-state index contributed by atoms with van der Waals surface area (Å²) in [6.45, 7) is 15.4. The first-order valence-electron chi connectivity index (χ1n) is 6.37. The lowest BCUT2D eigenvalue weighted by molar-refractivity contribution is 0.338. The lowest BCUT2D eigenvalue weighted by Gasteiger charge is -2.29. The van der Waals surface area contributed by atoms with Gasteiger partial charge in [0, 0.05) is 0 Å². The normalized spacial score (nSPS) is 14.8. The van der Waals surface area contributed by atoms with Crippen LogP contribution in [0.25, 0.3) is 0 Å². The summed E-state index contributed by atoms with van der Waals surface area (Å²) in [7, 11) is 0. The van der Waals surface area contributed by atoms with E-state index in [-0.39, 0.29) is 10.8 Å². The predicted molar refractivity (Wildman–Crippen MR) is 74.7 cm³/mol. The largest absolute Gasteiger partial charge is 0.508 e. The molecule has 0 aliphatic heterocycles. The molecule has 1 heteroatoms. The molecule has 0 amide bonds. The maximum Gasteiger partial charge on any atom is 0.119 e. The van der Waals surface area contributed by atoms with Gasteiger partial charge >= 0.3 is 0 Å². The Balaban J connectivity index is 3.23. The number of aromatic hydroxyl groups is 1. The molecule has 1 atom stereocenters. The first kappa shape index (κ1) is 14.1. The first-order chi connectivity index (χ1) is 7.53. The number of hydrogen-bond donors (Lipinski definition) is 1. The number of phenols is 1. The van der Waals surface area contributed by atoms with E-state index in [0.29, 0.717) is 11.7 Å². The van der Waals surface area contributed by atoms with Gasteiger partial charge in [-0.1, -0.05) is 60.6 Å². The Hall–Kier alpha value is -0.980. The third-order valence-electron chi connectivity index (χ3n) is 3.63. The van der Waals surface area contributed by atoms with Crippen LogP contribution < -0.4 is 0 Å². The van der Waals surface area contributed by atoms with Gasteiger partial charge in [-0.2, -0.15) is 0 Å². The van der Waals surface area contributed by atoms with E-state index in [4.69, 9.17) is 0 Å². The Kier molecular flexibility index (Phi) is 3.61. The summed E-state index contributed by atoms with van der Waals surface area (Å²) < 4.78 is 0. The van der Waals surface area contributed by atoms with E-state index in [9.17, 15) is 5.11 Å². The van der Waals surface area contributed by atoms with Crippen LogP contribution in [0.5, 0.6) is 5.75 Å². The highest BCUT2D eigenvalue weighted by Crippen LogP contribution is 2.38. The Morgan fingerprint density at radius 1 is 1.00 bits per heavy atom. The average molecular weight is 234 g/mol. The molecule has 1 N–H and O–H groups in total. The number of benzene rings is 1. The molecule has 1 aromatic carbocycles. The molecule has 0 saturated carbocycles. The molecule has 0 radical (unpaired) electrons.